The molecular weight excluding hydrogens is 484 g/mol. The van der Waals surface area contributed by atoms with Crippen LogP contribution in [0.5, 0.6) is 11.5 Å². The number of fused-ring (bicyclic) bond motifs is 1. The van der Waals surface area contributed by atoms with Crippen LogP contribution in [0.4, 0.5) is 5.69 Å². The lowest BCUT2D eigenvalue weighted by Crippen LogP contribution is -2.52. The van der Waals surface area contributed by atoms with Crippen LogP contribution in [0.3, 0.4) is 0 Å². The number of rotatable bonds is 5. The first kappa shape index (κ1) is 24.3. The van der Waals surface area contributed by atoms with Crippen LogP contribution in [0.1, 0.15) is 12.8 Å². The Hall–Kier alpha value is -2.82. The van der Waals surface area contributed by atoms with Crippen LogP contribution in [0.25, 0.3) is 0 Å². The summed E-state index contributed by atoms with van der Waals surface area (Å²) in [5.41, 5.74) is 0.532. The molecule has 0 unspecified atom stereocenters. The summed E-state index contributed by atoms with van der Waals surface area (Å²) in [6.45, 7) is 0.249. The summed E-state index contributed by atoms with van der Waals surface area (Å²) in [4.78, 5) is 27.2. The van der Waals surface area contributed by atoms with E-state index in [4.69, 9.17) is 25.8 Å². The number of anilines is 1. The van der Waals surface area contributed by atoms with Gasteiger partial charge in [-0.25, -0.2) is 13.2 Å². The maximum absolute atomic E-state index is 13.6. The molecule has 2 aromatic carbocycles. The minimum atomic E-state index is -3.96. The molecule has 2 atom stereocenters. The average molecular weight is 509 g/mol. The molecular formula is C23H25ClN2O7S. The predicted molar refractivity (Wildman–Crippen MR) is 125 cm³/mol. The largest absolute Gasteiger partial charge is 0.495 e. The molecule has 0 bridgehead atoms. The van der Waals surface area contributed by atoms with Gasteiger partial charge < -0.3 is 19.1 Å². The summed E-state index contributed by atoms with van der Waals surface area (Å²) < 4.78 is 43.9. The number of piperidine rings is 1. The van der Waals surface area contributed by atoms with Crippen molar-refractivity contribution in [2.45, 2.75) is 23.8 Å². The second-order valence-electron chi connectivity index (χ2n) is 8.04. The molecule has 0 saturated carbocycles. The molecule has 1 saturated heterocycles. The van der Waals surface area contributed by atoms with Crippen molar-refractivity contribution in [1.29, 1.82) is 0 Å². The van der Waals surface area contributed by atoms with E-state index >= 15 is 0 Å². The van der Waals surface area contributed by atoms with Gasteiger partial charge >= 0.3 is 5.97 Å². The lowest BCUT2D eigenvalue weighted by molar-refractivity contribution is -0.148. The van der Waals surface area contributed by atoms with Gasteiger partial charge in [0.2, 0.25) is 22.0 Å². The molecule has 2 aromatic rings. The first-order valence-electron chi connectivity index (χ1n) is 10.7. The summed E-state index contributed by atoms with van der Waals surface area (Å²) in [5, 5.41) is 0.266. The van der Waals surface area contributed by atoms with E-state index in [0.717, 1.165) is 0 Å². The number of carbonyl (C=O) groups excluding carboxylic acids is 2. The Bertz CT molecular complexity index is 1200. The highest BCUT2D eigenvalue weighted by atomic mass is 35.5. The van der Waals surface area contributed by atoms with Crippen LogP contribution in [-0.4, -0.2) is 64.6 Å². The second kappa shape index (κ2) is 9.81. The van der Waals surface area contributed by atoms with Gasteiger partial charge in [-0.3, -0.25) is 4.79 Å². The van der Waals surface area contributed by atoms with Crippen molar-refractivity contribution in [3.8, 4) is 11.5 Å². The molecule has 11 heteroatoms. The van der Waals surface area contributed by atoms with E-state index in [1.54, 1.807) is 30.3 Å². The van der Waals surface area contributed by atoms with Crippen LogP contribution in [0, 0.1) is 5.92 Å². The van der Waals surface area contributed by atoms with E-state index in [1.807, 2.05) is 0 Å². The van der Waals surface area contributed by atoms with Gasteiger partial charge in [-0.1, -0.05) is 23.7 Å². The Balaban J connectivity index is 1.60. The lowest BCUT2D eigenvalue weighted by Gasteiger charge is -2.38. The number of ether oxygens (including phenoxy) is 3. The number of sulfonamides is 1. The van der Waals surface area contributed by atoms with Crippen molar-refractivity contribution in [3.05, 3.63) is 47.5 Å². The van der Waals surface area contributed by atoms with Gasteiger partial charge in [0, 0.05) is 18.1 Å². The van der Waals surface area contributed by atoms with Crippen molar-refractivity contribution in [3.63, 3.8) is 0 Å². The van der Waals surface area contributed by atoms with E-state index in [1.165, 1.54) is 35.6 Å². The third-order valence-corrected chi connectivity index (χ3v) is 8.10. The highest BCUT2D eigenvalue weighted by Gasteiger charge is 2.40. The van der Waals surface area contributed by atoms with Gasteiger partial charge in [-0.05, 0) is 43.2 Å². The molecule has 4 rings (SSSR count). The summed E-state index contributed by atoms with van der Waals surface area (Å²) in [6.07, 6.45) is 0.0493. The van der Waals surface area contributed by atoms with Crippen LogP contribution in [0.15, 0.2) is 47.4 Å². The number of nitrogens with zero attached hydrogens (tertiary/aromatic N) is 2. The third-order valence-electron chi connectivity index (χ3n) is 5.98. The topological polar surface area (TPSA) is 102 Å². The summed E-state index contributed by atoms with van der Waals surface area (Å²) in [7, 11) is -1.32. The number of hydrogen-bond donors (Lipinski definition) is 0. The number of halogens is 1. The third kappa shape index (κ3) is 4.57. The fourth-order valence-corrected chi connectivity index (χ4v) is 6.21. The zero-order valence-electron chi connectivity index (χ0n) is 18.8. The molecule has 9 nitrogen and oxygen atoms in total. The zero-order valence-corrected chi connectivity index (χ0v) is 20.3. The molecule has 182 valence electrons. The molecule has 0 aliphatic carbocycles. The van der Waals surface area contributed by atoms with Crippen LogP contribution < -0.4 is 14.4 Å². The highest BCUT2D eigenvalue weighted by molar-refractivity contribution is 7.89. The minimum Gasteiger partial charge on any atom is -0.495 e. The molecule has 2 aliphatic rings. The quantitative estimate of drug-likeness (QED) is 0.572. The number of benzene rings is 2. The molecule has 0 N–H and O–H groups in total. The van der Waals surface area contributed by atoms with Crippen LogP contribution in [0.2, 0.25) is 5.02 Å². The van der Waals surface area contributed by atoms with E-state index in [-0.39, 0.29) is 41.2 Å². The minimum absolute atomic E-state index is 0.000745. The summed E-state index contributed by atoms with van der Waals surface area (Å²) in [6, 6.07) is 11.3. The molecule has 2 heterocycles. The monoisotopic (exact) mass is 508 g/mol. The van der Waals surface area contributed by atoms with Crippen molar-refractivity contribution >= 4 is 39.2 Å². The maximum atomic E-state index is 13.6. The standard InChI is InChI=1S/C23H25ClN2O7S/c1-31-19-10-9-16(24)12-21(19)34(29,30)25-11-5-6-15(13-25)22(27)26-14-20(23(28)32-2)33-18-8-4-3-7-17(18)26/h3-4,7-10,12,15,20H,5-6,11,13-14H2,1-2H3/t15-,20-/m0/s1. The van der Waals surface area contributed by atoms with Gasteiger partial charge in [0.05, 0.1) is 32.4 Å². The van der Waals surface area contributed by atoms with Gasteiger partial charge in [-0.2, -0.15) is 4.31 Å². The molecule has 0 radical (unpaired) electrons. The molecule has 2 aliphatic heterocycles. The number of para-hydroxylation sites is 2. The molecule has 0 spiro atoms. The smallest absolute Gasteiger partial charge is 0.348 e. The van der Waals surface area contributed by atoms with Crippen molar-refractivity contribution in [1.82, 2.24) is 4.31 Å². The van der Waals surface area contributed by atoms with E-state index in [2.05, 4.69) is 0 Å². The number of amides is 1. The Morgan fingerprint density at radius 2 is 1.88 bits per heavy atom. The van der Waals surface area contributed by atoms with Crippen molar-refractivity contribution in [2.24, 2.45) is 5.92 Å². The van der Waals surface area contributed by atoms with E-state index in [9.17, 15) is 18.0 Å². The summed E-state index contributed by atoms with van der Waals surface area (Å²) in [5.74, 6) is -0.892. The second-order valence-corrected chi connectivity index (χ2v) is 10.4. The normalized spacial score (nSPS) is 20.7. The predicted octanol–water partition coefficient (Wildman–Crippen LogP) is 2.72. The SMILES string of the molecule is COC(=O)[C@@H]1CN(C(=O)[C@H]2CCCN(S(=O)(=O)c3cc(Cl)ccc3OC)C2)c2ccccc2O1. The Kier molecular flexibility index (Phi) is 7.01. The Morgan fingerprint density at radius 1 is 1.12 bits per heavy atom. The molecule has 1 fully saturated rings. The van der Waals surface area contributed by atoms with Crippen LogP contribution >= 0.6 is 11.6 Å². The first-order valence-corrected chi connectivity index (χ1v) is 12.6. The van der Waals surface area contributed by atoms with Gasteiger partial charge in [0.15, 0.2) is 0 Å². The fraction of sp³-hybridized carbons (Fsp3) is 0.391. The zero-order chi connectivity index (χ0) is 24.5. The fourth-order valence-electron chi connectivity index (χ4n) is 4.27. The number of methoxy groups -OCH3 is 2. The number of esters is 1. The average Bonchev–Trinajstić information content (AvgIpc) is 2.87. The molecule has 34 heavy (non-hydrogen) atoms. The first-order chi connectivity index (χ1) is 16.3. The lowest BCUT2D eigenvalue weighted by atomic mass is 9.97. The van der Waals surface area contributed by atoms with Gasteiger partial charge in [0.25, 0.3) is 0 Å². The Morgan fingerprint density at radius 3 is 2.62 bits per heavy atom. The van der Waals surface area contributed by atoms with Crippen LogP contribution in [-0.2, 0) is 24.3 Å². The maximum Gasteiger partial charge on any atom is 0.348 e. The van der Waals surface area contributed by atoms with Crippen molar-refractivity contribution < 1.29 is 32.2 Å². The summed E-state index contributed by atoms with van der Waals surface area (Å²) >= 11 is 6.05. The highest BCUT2D eigenvalue weighted by Crippen LogP contribution is 2.36. The molecule has 1 amide bonds. The van der Waals surface area contributed by atoms with Gasteiger partial charge in [0.1, 0.15) is 16.4 Å². The number of carbonyl (C=O) groups is 2. The van der Waals surface area contributed by atoms with E-state index < -0.39 is 28.0 Å². The van der Waals surface area contributed by atoms with Crippen molar-refractivity contribution in [2.75, 3.05) is 38.8 Å². The molecule has 0 aromatic heterocycles. The number of hydrogen-bond acceptors (Lipinski definition) is 7. The van der Waals surface area contributed by atoms with E-state index in [0.29, 0.717) is 24.3 Å². The Labute approximate surface area is 203 Å². The van der Waals surface area contributed by atoms with Gasteiger partial charge in [-0.15, -0.1) is 0 Å².